The molecule has 20 nitrogen and oxygen atoms in total. The summed E-state index contributed by atoms with van der Waals surface area (Å²) in [6.45, 7) is 0. The normalized spacial score (nSPS) is 15.1. The van der Waals surface area contributed by atoms with Gasteiger partial charge in [0.05, 0.1) is 24.2 Å². The summed E-state index contributed by atoms with van der Waals surface area (Å²) >= 11 is 0. The topological polar surface area (TPSA) is 324 Å². The Kier molecular flexibility index (Phi) is 11.1. The lowest BCUT2D eigenvalue weighted by Gasteiger charge is -2.20. The maximum atomic E-state index is 13.5. The second-order valence-corrected chi connectivity index (χ2v) is 16.3. The molecule has 0 radical (unpaired) electrons. The van der Waals surface area contributed by atoms with Crippen LogP contribution in [-0.4, -0.2) is 71.1 Å². The number of carbonyl (C=O) groups is 4. The van der Waals surface area contributed by atoms with Crippen molar-refractivity contribution in [2.24, 2.45) is 10.2 Å². The highest BCUT2D eigenvalue weighted by Crippen LogP contribution is 2.33. The third-order valence-electron chi connectivity index (χ3n) is 9.28. The third kappa shape index (κ3) is 8.83. The molecule has 5 aromatic rings. The number of anilines is 6. The van der Waals surface area contributed by atoms with Gasteiger partial charge >= 0.3 is 11.9 Å². The van der Waals surface area contributed by atoms with Crippen LogP contribution in [0.3, 0.4) is 0 Å². The molecule has 0 bridgehead atoms. The van der Waals surface area contributed by atoms with E-state index in [9.17, 15) is 54.7 Å². The predicted octanol–water partition coefficient (Wildman–Crippen LogP) is 3.81. The number of benzene rings is 4. The molecular formula is C40H28N6O14S2. The number of rotatable bonds is 14. The lowest BCUT2D eigenvalue weighted by Crippen LogP contribution is -2.36. The number of ketones is 2. The quantitative estimate of drug-likeness (QED) is 0.0446. The average Bonchev–Trinajstić information content (AvgIpc) is 3.21. The van der Waals surface area contributed by atoms with Gasteiger partial charge in [0.25, 0.3) is 31.1 Å². The van der Waals surface area contributed by atoms with Crippen LogP contribution in [-0.2, 0) is 42.7 Å². The number of fused-ring (bicyclic) bond motifs is 2. The Morgan fingerprint density at radius 1 is 0.516 bits per heavy atom. The number of hydrogen-bond acceptors (Lipinski definition) is 16. The number of nitrogens with one attached hydrogen (secondary N) is 4. The first-order valence-corrected chi connectivity index (χ1v) is 20.6. The van der Waals surface area contributed by atoms with Crippen LogP contribution in [0.4, 0.5) is 34.1 Å². The molecule has 0 aromatic heterocycles. The number of carboxylic acid groups (broad SMARTS) is 2. The minimum Gasteiger partial charge on any atom is -0.481 e. The molecule has 62 heavy (non-hydrogen) atoms. The van der Waals surface area contributed by atoms with Crippen LogP contribution in [0.5, 0.6) is 0 Å². The Morgan fingerprint density at radius 3 is 1.18 bits per heavy atom. The zero-order chi connectivity index (χ0) is 44.7. The number of hydrogen-bond donors (Lipinski definition) is 8. The molecule has 2 aliphatic carbocycles. The van der Waals surface area contributed by atoms with E-state index >= 15 is 0 Å². The van der Waals surface area contributed by atoms with E-state index in [-0.39, 0.29) is 69.2 Å². The number of carboxylic acids is 2. The minimum atomic E-state index is -5.04. The van der Waals surface area contributed by atoms with Crippen molar-refractivity contribution in [1.82, 2.24) is 0 Å². The van der Waals surface area contributed by atoms with Crippen molar-refractivity contribution in [2.45, 2.75) is 12.8 Å². The lowest BCUT2D eigenvalue weighted by atomic mass is 9.94. The largest absolute Gasteiger partial charge is 0.481 e. The first-order valence-electron chi connectivity index (χ1n) is 17.7. The molecule has 0 amide bonds. The first-order chi connectivity index (χ1) is 29.3. The Hall–Kier alpha value is -7.92. The summed E-state index contributed by atoms with van der Waals surface area (Å²) in [6, 6.07) is 19.6. The second kappa shape index (κ2) is 16.3. The van der Waals surface area contributed by atoms with Crippen LogP contribution in [0.15, 0.2) is 115 Å². The summed E-state index contributed by atoms with van der Waals surface area (Å²) in [5.74, 6) is -3.90. The van der Waals surface area contributed by atoms with E-state index in [1.54, 1.807) is 0 Å². The molecule has 7 rings (SSSR count). The molecule has 22 heteroatoms. The Morgan fingerprint density at radius 2 is 0.855 bits per heavy atom. The summed E-state index contributed by atoms with van der Waals surface area (Å²) in [5.41, 5.74) is 2.89. The Balaban J connectivity index is 1.12. The number of hydrazone groups is 2. The van der Waals surface area contributed by atoms with E-state index < -0.39 is 75.8 Å². The van der Waals surface area contributed by atoms with E-state index in [0.717, 1.165) is 12.2 Å². The van der Waals surface area contributed by atoms with Gasteiger partial charge in [-0.15, -0.1) is 0 Å². The second-order valence-electron chi connectivity index (χ2n) is 13.6. The van der Waals surface area contributed by atoms with Crippen molar-refractivity contribution in [2.75, 3.05) is 21.5 Å². The highest BCUT2D eigenvalue weighted by Gasteiger charge is 2.35. The van der Waals surface area contributed by atoms with Gasteiger partial charge in [0.2, 0.25) is 11.6 Å². The molecule has 8 N–H and O–H groups in total. The summed E-state index contributed by atoms with van der Waals surface area (Å²) in [7, 11) is -10.1. The van der Waals surface area contributed by atoms with Gasteiger partial charge in [-0.05, 0) is 95.1 Å². The van der Waals surface area contributed by atoms with Crippen LogP contribution in [0.1, 0.15) is 43.0 Å². The minimum absolute atomic E-state index is 0.00894. The molecule has 0 aliphatic heterocycles. The zero-order valence-electron chi connectivity index (χ0n) is 31.2. The zero-order valence-corrected chi connectivity index (χ0v) is 32.9. The van der Waals surface area contributed by atoms with Crippen molar-refractivity contribution in [3.05, 3.63) is 149 Å². The smallest absolute Gasteiger partial charge is 0.307 e. The van der Waals surface area contributed by atoms with Crippen LogP contribution >= 0.6 is 0 Å². The number of nitrogens with zero attached hydrogens (tertiary/aromatic N) is 2. The van der Waals surface area contributed by atoms with Crippen LogP contribution < -0.4 is 32.3 Å². The van der Waals surface area contributed by atoms with E-state index in [0.29, 0.717) is 11.1 Å². The number of allylic oxidation sites excluding steroid dienone is 2. The lowest BCUT2D eigenvalue weighted by molar-refractivity contribution is -0.137. The molecule has 314 valence electrons. The van der Waals surface area contributed by atoms with Crippen molar-refractivity contribution in [1.29, 1.82) is 0 Å². The molecule has 0 spiro atoms. The van der Waals surface area contributed by atoms with Gasteiger partial charge in [0, 0.05) is 22.5 Å². The van der Waals surface area contributed by atoms with Crippen molar-refractivity contribution < 1.29 is 55.3 Å². The highest BCUT2D eigenvalue weighted by molar-refractivity contribution is 7.91. The van der Waals surface area contributed by atoms with Gasteiger partial charge in [0.1, 0.15) is 21.2 Å². The Bertz CT molecular complexity index is 2990. The number of aliphatic carboxylic acids is 2. The van der Waals surface area contributed by atoms with E-state index in [2.05, 4.69) is 31.7 Å². The molecule has 0 atom stereocenters. The molecule has 0 saturated heterocycles. The van der Waals surface area contributed by atoms with Gasteiger partial charge in [-0.2, -0.15) is 27.0 Å². The van der Waals surface area contributed by atoms with Gasteiger partial charge in [-0.25, -0.2) is 0 Å². The summed E-state index contributed by atoms with van der Waals surface area (Å²) in [6.07, 6.45) is 1.46. The fourth-order valence-corrected chi connectivity index (χ4v) is 7.66. The van der Waals surface area contributed by atoms with Gasteiger partial charge < -0.3 is 20.8 Å². The van der Waals surface area contributed by atoms with E-state index in [1.807, 2.05) is 0 Å². The van der Waals surface area contributed by atoms with Crippen LogP contribution in [0.2, 0.25) is 0 Å². The summed E-state index contributed by atoms with van der Waals surface area (Å²) < 4.78 is 69.6. The van der Waals surface area contributed by atoms with Crippen LogP contribution in [0, 0.1) is 0 Å². The van der Waals surface area contributed by atoms with E-state index in [1.165, 1.54) is 84.9 Å². The molecule has 0 unspecified atom stereocenters. The van der Waals surface area contributed by atoms with E-state index in [4.69, 9.17) is 10.2 Å². The fraction of sp³-hybridized carbons (Fsp3) is 0.0500. The third-order valence-corrected chi connectivity index (χ3v) is 11.0. The fourth-order valence-electron chi connectivity index (χ4n) is 6.34. The molecule has 2 aliphatic rings. The monoisotopic (exact) mass is 880 g/mol. The molecule has 5 aromatic carbocycles. The highest BCUT2D eigenvalue weighted by atomic mass is 32.2. The molecule has 0 saturated carbocycles. The summed E-state index contributed by atoms with van der Waals surface area (Å²) in [5, 5.41) is 31.2. The Labute approximate surface area is 348 Å². The standard InChI is InChI=1S/C40H28N6O14S2/c47-31(48)13-19-1-5-23(6-2-19)43-45-33-29(61(55,56)57)17-21-15-25(9-11-27(21)37(33)51)41-35-36(40(54)39(35)53)42-26-10-12-28-22(16-26)18-30(62(58,59)60)34(38(28)52)46-44-24-7-3-20(4-8-24)14-32(49)50/h1-12,15-18,41-44H,13-14H2,(H,47,48)(H,49,50)(H,55,56,57)(H,58,59,60)/b45-33-,46-34-. The average molecular weight is 881 g/mol. The van der Waals surface area contributed by atoms with Crippen molar-refractivity contribution in [3.8, 4) is 0 Å². The predicted molar refractivity (Wildman–Crippen MR) is 226 cm³/mol. The van der Waals surface area contributed by atoms with Gasteiger partial charge in [-0.3, -0.25) is 48.7 Å². The van der Waals surface area contributed by atoms with Crippen molar-refractivity contribution in [3.63, 3.8) is 0 Å². The molecule has 0 heterocycles. The van der Waals surface area contributed by atoms with Crippen molar-refractivity contribution >= 4 is 101 Å². The first kappa shape index (κ1) is 42.2. The number of Topliss-reactive ketones (excluding diaryl/α,β-unsaturated/α-hetero) is 2. The molecule has 0 fully saturated rings. The maximum absolute atomic E-state index is 13.5. The van der Waals surface area contributed by atoms with Gasteiger partial charge in [-0.1, -0.05) is 24.3 Å². The van der Waals surface area contributed by atoms with Gasteiger partial charge in [0.15, 0.2) is 11.4 Å². The summed E-state index contributed by atoms with van der Waals surface area (Å²) in [4.78, 5) is 72.7. The maximum Gasteiger partial charge on any atom is 0.307 e. The number of carbonyl (C=O) groups excluding carboxylic acids is 2. The molecular weight excluding hydrogens is 853 g/mol. The SMILES string of the molecule is O=C(O)Cc1ccc(N/N=C2\C(=O)c3ccc(Nc4c(Nc5ccc6c(c5)C=C(S(=O)(=O)O)/C(=N/Nc5ccc(CC(=O)O)cc5)C6=O)c(=O)c4=O)cc3C=C2S(=O)(=O)O)cc1. The van der Waals surface area contributed by atoms with Crippen LogP contribution in [0.25, 0.3) is 12.2 Å².